The molecule has 0 saturated heterocycles. The van der Waals surface area contributed by atoms with E-state index in [9.17, 15) is 0 Å². The van der Waals surface area contributed by atoms with Crippen molar-refractivity contribution in [2.45, 2.75) is 6.92 Å². The Morgan fingerprint density at radius 2 is 1.67 bits per heavy atom. The van der Waals surface area contributed by atoms with Crippen LogP contribution >= 0.6 is 0 Å². The molecule has 0 aliphatic carbocycles. The first kappa shape index (κ1) is 11.5. The summed E-state index contributed by atoms with van der Waals surface area (Å²) in [5.74, 6) is 0. The van der Waals surface area contributed by atoms with Gasteiger partial charge in [-0.2, -0.15) is 0 Å². The molecule has 18 heavy (non-hydrogen) atoms. The monoisotopic (exact) mass is 240 g/mol. The van der Waals surface area contributed by atoms with Crippen LogP contribution < -0.4 is 4.90 Å². The Bertz CT molecular complexity index is 466. The van der Waals surface area contributed by atoms with Gasteiger partial charge in [-0.3, -0.25) is 4.90 Å². The zero-order valence-electron chi connectivity index (χ0n) is 11.0. The summed E-state index contributed by atoms with van der Waals surface area (Å²) in [6.45, 7) is 11.4. The van der Waals surface area contributed by atoms with Crippen LogP contribution in [0.15, 0.2) is 48.1 Å². The van der Waals surface area contributed by atoms with Crippen molar-refractivity contribution in [1.82, 2.24) is 4.90 Å². The number of nitrogens with zero attached hydrogens (tertiary/aromatic N) is 2. The fourth-order valence-electron chi connectivity index (χ4n) is 2.91. The summed E-state index contributed by atoms with van der Waals surface area (Å²) >= 11 is 0. The predicted octanol–water partition coefficient (Wildman–Crippen LogP) is 2.61. The van der Waals surface area contributed by atoms with Crippen molar-refractivity contribution in [3.05, 3.63) is 53.6 Å². The minimum Gasteiger partial charge on any atom is -0.363 e. The van der Waals surface area contributed by atoms with E-state index in [4.69, 9.17) is 0 Å². The third-order valence-corrected chi connectivity index (χ3v) is 3.88. The fourth-order valence-corrected chi connectivity index (χ4v) is 2.91. The highest BCUT2D eigenvalue weighted by atomic mass is 15.2. The number of hydrogen-bond acceptors (Lipinski definition) is 2. The van der Waals surface area contributed by atoms with Gasteiger partial charge in [-0.25, -0.2) is 0 Å². The Balaban J connectivity index is 1.66. The van der Waals surface area contributed by atoms with Crippen molar-refractivity contribution in [1.29, 1.82) is 0 Å². The van der Waals surface area contributed by atoms with Gasteiger partial charge < -0.3 is 4.90 Å². The van der Waals surface area contributed by atoms with E-state index in [-0.39, 0.29) is 0 Å². The smallest absolute Gasteiger partial charge is 0.0408 e. The topological polar surface area (TPSA) is 6.48 Å². The molecule has 1 aromatic carbocycles. The van der Waals surface area contributed by atoms with Gasteiger partial charge in [-0.15, -0.1) is 6.58 Å². The molecular weight excluding hydrogens is 220 g/mol. The zero-order valence-corrected chi connectivity index (χ0v) is 11.0. The second-order valence-electron chi connectivity index (χ2n) is 5.36. The van der Waals surface area contributed by atoms with Gasteiger partial charge in [0.05, 0.1) is 0 Å². The third-order valence-electron chi connectivity index (χ3n) is 3.88. The molecule has 0 saturated carbocycles. The normalized spacial score (nSPS) is 19.5. The third kappa shape index (κ3) is 2.08. The van der Waals surface area contributed by atoms with Gasteiger partial charge in [0.25, 0.3) is 0 Å². The maximum atomic E-state index is 3.82. The van der Waals surface area contributed by atoms with Crippen molar-refractivity contribution in [2.24, 2.45) is 0 Å². The van der Waals surface area contributed by atoms with Crippen LogP contribution in [0, 0.1) is 6.92 Å². The van der Waals surface area contributed by atoms with Crippen LogP contribution in [0.25, 0.3) is 0 Å². The molecule has 3 rings (SSSR count). The number of aryl methyl sites for hydroxylation is 1. The summed E-state index contributed by atoms with van der Waals surface area (Å²) in [6, 6.07) is 8.86. The van der Waals surface area contributed by atoms with Crippen LogP contribution in [-0.4, -0.2) is 37.6 Å². The summed E-state index contributed by atoms with van der Waals surface area (Å²) < 4.78 is 0. The molecule has 0 unspecified atom stereocenters. The average Bonchev–Trinajstić information content (AvgIpc) is 2.88. The molecule has 0 radical (unpaired) electrons. The molecule has 0 atom stereocenters. The van der Waals surface area contributed by atoms with Crippen LogP contribution in [0.5, 0.6) is 0 Å². The Hall–Kier alpha value is -1.54. The second kappa shape index (κ2) is 4.62. The van der Waals surface area contributed by atoms with Crippen LogP contribution in [0.4, 0.5) is 5.69 Å². The van der Waals surface area contributed by atoms with Gasteiger partial charge in [-0.05, 0) is 30.2 Å². The van der Waals surface area contributed by atoms with Crippen molar-refractivity contribution in [3.63, 3.8) is 0 Å². The van der Waals surface area contributed by atoms with Gasteiger partial charge in [0.1, 0.15) is 0 Å². The Kier molecular flexibility index (Phi) is 2.96. The van der Waals surface area contributed by atoms with E-state index in [1.54, 1.807) is 11.1 Å². The molecular formula is C16H20N2. The molecule has 94 valence electrons. The number of benzene rings is 1. The maximum Gasteiger partial charge on any atom is 0.0408 e. The molecule has 2 aliphatic heterocycles. The Labute approximate surface area is 109 Å². The lowest BCUT2D eigenvalue weighted by molar-refractivity contribution is 0.378. The molecule has 2 heterocycles. The fraction of sp³-hybridized carbons (Fsp3) is 0.375. The van der Waals surface area contributed by atoms with Gasteiger partial charge in [0, 0.05) is 38.4 Å². The maximum absolute atomic E-state index is 3.82. The van der Waals surface area contributed by atoms with Gasteiger partial charge >= 0.3 is 0 Å². The summed E-state index contributed by atoms with van der Waals surface area (Å²) in [7, 11) is 0. The average molecular weight is 240 g/mol. The largest absolute Gasteiger partial charge is 0.363 e. The first-order chi connectivity index (χ1) is 8.76. The van der Waals surface area contributed by atoms with E-state index in [2.05, 4.69) is 47.6 Å². The summed E-state index contributed by atoms with van der Waals surface area (Å²) in [5.41, 5.74) is 5.93. The number of hydrogen-bond donors (Lipinski definition) is 0. The lowest BCUT2D eigenvalue weighted by Crippen LogP contribution is -2.29. The molecule has 1 aromatic rings. The molecule has 2 nitrogen and oxygen atoms in total. The first-order valence-corrected chi connectivity index (χ1v) is 6.61. The van der Waals surface area contributed by atoms with Crippen molar-refractivity contribution >= 4 is 5.69 Å². The van der Waals surface area contributed by atoms with E-state index >= 15 is 0 Å². The molecule has 0 N–H and O–H groups in total. The van der Waals surface area contributed by atoms with Crippen LogP contribution in [0.2, 0.25) is 0 Å². The molecule has 0 amide bonds. The molecule has 0 bridgehead atoms. The second-order valence-corrected chi connectivity index (χ2v) is 5.36. The summed E-state index contributed by atoms with van der Waals surface area (Å²) in [4.78, 5) is 4.94. The van der Waals surface area contributed by atoms with Crippen molar-refractivity contribution in [3.8, 4) is 0 Å². The highest BCUT2D eigenvalue weighted by Gasteiger charge is 2.29. The lowest BCUT2D eigenvalue weighted by Gasteiger charge is -2.23. The molecule has 2 heteroatoms. The SMILES string of the molecule is C=CCN1CC2=C(C1)CN(c1ccc(C)cc1)C2. The first-order valence-electron chi connectivity index (χ1n) is 6.61. The van der Waals surface area contributed by atoms with Crippen LogP contribution in [0.3, 0.4) is 0 Å². The number of rotatable bonds is 3. The summed E-state index contributed by atoms with van der Waals surface area (Å²) in [6.07, 6.45) is 2.00. The van der Waals surface area contributed by atoms with Crippen molar-refractivity contribution in [2.75, 3.05) is 37.6 Å². The predicted molar refractivity (Wildman–Crippen MR) is 77.1 cm³/mol. The standard InChI is InChI=1S/C16H20N2/c1-3-8-17-9-14-11-18(12-15(14)10-17)16-6-4-13(2)5-7-16/h3-7H,1,8-12H2,2H3. The van der Waals surface area contributed by atoms with E-state index in [0.717, 1.165) is 32.7 Å². The van der Waals surface area contributed by atoms with E-state index < -0.39 is 0 Å². The minimum absolute atomic E-state index is 1.01. The van der Waals surface area contributed by atoms with Gasteiger partial charge in [0.2, 0.25) is 0 Å². The highest BCUT2D eigenvalue weighted by Crippen LogP contribution is 2.29. The van der Waals surface area contributed by atoms with Crippen molar-refractivity contribution < 1.29 is 0 Å². The highest BCUT2D eigenvalue weighted by molar-refractivity contribution is 5.54. The van der Waals surface area contributed by atoms with E-state index in [1.165, 1.54) is 11.3 Å². The van der Waals surface area contributed by atoms with Gasteiger partial charge in [-0.1, -0.05) is 23.8 Å². The number of anilines is 1. The Morgan fingerprint density at radius 1 is 1.06 bits per heavy atom. The quantitative estimate of drug-likeness (QED) is 0.749. The van der Waals surface area contributed by atoms with Crippen LogP contribution in [-0.2, 0) is 0 Å². The van der Waals surface area contributed by atoms with Crippen LogP contribution in [0.1, 0.15) is 5.56 Å². The molecule has 0 aromatic heterocycles. The molecule has 0 spiro atoms. The molecule has 2 aliphatic rings. The Morgan fingerprint density at radius 3 is 2.22 bits per heavy atom. The minimum atomic E-state index is 1.01. The van der Waals surface area contributed by atoms with E-state index in [0.29, 0.717) is 0 Å². The summed E-state index contributed by atoms with van der Waals surface area (Å²) in [5, 5.41) is 0. The van der Waals surface area contributed by atoms with Gasteiger partial charge in [0.15, 0.2) is 0 Å². The zero-order chi connectivity index (χ0) is 12.5. The van der Waals surface area contributed by atoms with E-state index in [1.807, 2.05) is 6.08 Å². The lowest BCUT2D eigenvalue weighted by atomic mass is 10.2. The molecule has 0 fully saturated rings.